The normalized spacial score (nSPS) is 10.9. The highest BCUT2D eigenvalue weighted by Gasteiger charge is 2.13. The summed E-state index contributed by atoms with van der Waals surface area (Å²) in [7, 11) is 1.53. The zero-order valence-corrected chi connectivity index (χ0v) is 17.9. The number of ether oxygens (including phenoxy) is 1. The van der Waals surface area contributed by atoms with E-state index in [1.165, 1.54) is 7.11 Å². The topological polar surface area (TPSA) is 70.8 Å². The van der Waals surface area contributed by atoms with Crippen LogP contribution >= 0.6 is 23.2 Å². The highest BCUT2D eigenvalue weighted by atomic mass is 35.5. The standard InChI is InChI=1S/C24H16Cl2N4O/c1-31-23-12-22(19(25)11-20(23)26)30-24-17(13-27)14-29-21-10-16(4-5-18(21)24)3-2-15-6-8-28-9-7-15/h2-12,14H,1H3,(H,29,30)/b3-2+. The largest absolute Gasteiger partial charge is 0.495 e. The van der Waals surface area contributed by atoms with Gasteiger partial charge in [-0.05, 0) is 35.4 Å². The molecule has 2 aromatic heterocycles. The van der Waals surface area contributed by atoms with Gasteiger partial charge in [0.25, 0.3) is 0 Å². The van der Waals surface area contributed by atoms with Gasteiger partial charge in [-0.25, -0.2) is 0 Å². The summed E-state index contributed by atoms with van der Waals surface area (Å²) in [5, 5.41) is 14.5. The average molecular weight is 447 g/mol. The highest BCUT2D eigenvalue weighted by molar-refractivity contribution is 6.37. The minimum absolute atomic E-state index is 0.401. The first-order chi connectivity index (χ1) is 15.1. The van der Waals surface area contributed by atoms with Crippen LogP contribution in [0.2, 0.25) is 10.0 Å². The van der Waals surface area contributed by atoms with Crippen molar-refractivity contribution in [3.8, 4) is 11.8 Å². The summed E-state index contributed by atoms with van der Waals surface area (Å²) in [5.41, 5.74) is 4.38. The van der Waals surface area contributed by atoms with Crippen molar-refractivity contribution in [3.05, 3.63) is 87.8 Å². The van der Waals surface area contributed by atoms with Crippen LogP contribution in [0.4, 0.5) is 11.4 Å². The van der Waals surface area contributed by atoms with E-state index in [-0.39, 0.29) is 0 Å². The van der Waals surface area contributed by atoms with Crippen LogP contribution in [0.25, 0.3) is 23.1 Å². The third-order valence-corrected chi connectivity index (χ3v) is 5.30. The van der Waals surface area contributed by atoms with Crippen molar-refractivity contribution < 1.29 is 4.74 Å². The quantitative estimate of drug-likeness (QED) is 0.367. The van der Waals surface area contributed by atoms with Crippen LogP contribution in [0.3, 0.4) is 0 Å². The first kappa shape index (κ1) is 20.7. The molecule has 0 unspecified atom stereocenters. The maximum Gasteiger partial charge on any atom is 0.139 e. The maximum atomic E-state index is 9.61. The molecule has 0 saturated heterocycles. The monoisotopic (exact) mass is 446 g/mol. The van der Waals surface area contributed by atoms with E-state index in [0.717, 1.165) is 22.0 Å². The second-order valence-corrected chi connectivity index (χ2v) is 7.46. The number of fused-ring (bicyclic) bond motifs is 1. The van der Waals surface area contributed by atoms with Gasteiger partial charge < -0.3 is 10.1 Å². The Labute approximate surface area is 189 Å². The van der Waals surface area contributed by atoms with E-state index in [4.69, 9.17) is 27.9 Å². The number of nitrogens with zero attached hydrogens (tertiary/aromatic N) is 3. The van der Waals surface area contributed by atoms with Crippen molar-refractivity contribution in [3.63, 3.8) is 0 Å². The lowest BCUT2D eigenvalue weighted by Crippen LogP contribution is -1.98. The number of anilines is 2. The van der Waals surface area contributed by atoms with E-state index in [1.807, 2.05) is 42.5 Å². The highest BCUT2D eigenvalue weighted by Crippen LogP contribution is 2.37. The molecule has 4 rings (SSSR count). The van der Waals surface area contributed by atoms with Gasteiger partial charge in [0.1, 0.15) is 11.8 Å². The van der Waals surface area contributed by atoms with Crippen LogP contribution in [0.1, 0.15) is 16.7 Å². The molecule has 0 radical (unpaired) electrons. The Morgan fingerprint density at radius 2 is 1.77 bits per heavy atom. The molecule has 1 N–H and O–H groups in total. The number of hydrogen-bond donors (Lipinski definition) is 1. The predicted molar refractivity (Wildman–Crippen MR) is 126 cm³/mol. The lowest BCUT2D eigenvalue weighted by molar-refractivity contribution is 0.415. The molecule has 0 fully saturated rings. The Bertz CT molecular complexity index is 1330. The molecule has 0 amide bonds. The van der Waals surface area contributed by atoms with Gasteiger partial charge in [0.15, 0.2) is 0 Å². The number of nitrogens with one attached hydrogen (secondary N) is 1. The Morgan fingerprint density at radius 1 is 1.00 bits per heavy atom. The zero-order chi connectivity index (χ0) is 21.8. The van der Waals surface area contributed by atoms with Gasteiger partial charge in [0, 0.05) is 30.0 Å². The first-order valence-electron chi connectivity index (χ1n) is 9.30. The van der Waals surface area contributed by atoms with Gasteiger partial charge in [-0.3, -0.25) is 9.97 Å². The van der Waals surface area contributed by atoms with E-state index >= 15 is 0 Å². The molecule has 0 atom stereocenters. The average Bonchev–Trinajstić information content (AvgIpc) is 2.80. The van der Waals surface area contributed by atoms with Crippen LogP contribution in [0.15, 0.2) is 61.1 Å². The molecule has 2 aromatic carbocycles. The van der Waals surface area contributed by atoms with Crippen molar-refractivity contribution in [1.29, 1.82) is 5.26 Å². The summed E-state index contributed by atoms with van der Waals surface area (Å²) in [6.45, 7) is 0. The summed E-state index contributed by atoms with van der Waals surface area (Å²) in [6, 6.07) is 15.2. The fourth-order valence-corrected chi connectivity index (χ4v) is 3.62. The number of hydrogen-bond acceptors (Lipinski definition) is 5. The molecule has 5 nitrogen and oxygen atoms in total. The first-order valence-corrected chi connectivity index (χ1v) is 10.1. The van der Waals surface area contributed by atoms with Crippen molar-refractivity contribution >= 4 is 57.6 Å². The van der Waals surface area contributed by atoms with Crippen LogP contribution in [0.5, 0.6) is 5.75 Å². The second kappa shape index (κ2) is 9.05. The van der Waals surface area contributed by atoms with Crippen LogP contribution in [-0.4, -0.2) is 17.1 Å². The molecule has 2 heterocycles. The number of aromatic nitrogens is 2. The molecular weight excluding hydrogens is 431 g/mol. The Hall–Kier alpha value is -3.59. The van der Waals surface area contributed by atoms with E-state index in [9.17, 15) is 5.26 Å². The SMILES string of the molecule is COc1cc(Nc2c(C#N)cnc3cc(/C=C/c4ccncc4)ccc23)c(Cl)cc1Cl. The fourth-order valence-electron chi connectivity index (χ4n) is 3.12. The van der Waals surface area contributed by atoms with Crippen molar-refractivity contribution in [2.45, 2.75) is 0 Å². The van der Waals surface area contributed by atoms with Gasteiger partial charge in [-0.1, -0.05) is 47.5 Å². The lowest BCUT2D eigenvalue weighted by Gasteiger charge is -2.14. The maximum absolute atomic E-state index is 9.61. The third-order valence-electron chi connectivity index (χ3n) is 4.69. The molecule has 0 bridgehead atoms. The van der Waals surface area contributed by atoms with Crippen molar-refractivity contribution in [1.82, 2.24) is 9.97 Å². The summed E-state index contributed by atoms with van der Waals surface area (Å²) >= 11 is 12.5. The van der Waals surface area contributed by atoms with Crippen LogP contribution < -0.4 is 10.1 Å². The minimum atomic E-state index is 0.401. The molecule has 7 heteroatoms. The number of methoxy groups -OCH3 is 1. The molecule has 152 valence electrons. The lowest BCUT2D eigenvalue weighted by atomic mass is 10.1. The fraction of sp³-hybridized carbons (Fsp3) is 0.0417. The second-order valence-electron chi connectivity index (χ2n) is 6.64. The molecular formula is C24H16Cl2N4O. The number of nitriles is 1. The van der Waals surface area contributed by atoms with E-state index in [0.29, 0.717) is 32.7 Å². The number of pyridine rings is 2. The Balaban J connectivity index is 1.75. The summed E-state index contributed by atoms with van der Waals surface area (Å²) < 4.78 is 5.28. The zero-order valence-electron chi connectivity index (χ0n) is 16.4. The Morgan fingerprint density at radius 3 is 2.52 bits per heavy atom. The molecule has 0 aliphatic carbocycles. The number of rotatable bonds is 5. The molecule has 0 aliphatic rings. The van der Waals surface area contributed by atoms with Gasteiger partial charge >= 0.3 is 0 Å². The molecule has 0 aliphatic heterocycles. The smallest absolute Gasteiger partial charge is 0.139 e. The number of benzene rings is 2. The molecule has 0 spiro atoms. The predicted octanol–water partition coefficient (Wildman–Crippen LogP) is 6.73. The summed E-state index contributed by atoms with van der Waals surface area (Å²) in [5.74, 6) is 0.481. The van der Waals surface area contributed by atoms with E-state index in [1.54, 1.807) is 30.7 Å². The molecule has 0 saturated carbocycles. The van der Waals surface area contributed by atoms with Gasteiger partial charge in [-0.2, -0.15) is 5.26 Å². The molecule has 31 heavy (non-hydrogen) atoms. The van der Waals surface area contributed by atoms with Gasteiger partial charge in [0.2, 0.25) is 0 Å². The number of halogens is 2. The molecule has 4 aromatic rings. The van der Waals surface area contributed by atoms with E-state index in [2.05, 4.69) is 21.4 Å². The summed E-state index contributed by atoms with van der Waals surface area (Å²) in [4.78, 5) is 8.48. The van der Waals surface area contributed by atoms with Gasteiger partial charge in [0.05, 0.1) is 39.6 Å². The van der Waals surface area contributed by atoms with Gasteiger partial charge in [-0.15, -0.1) is 0 Å². The van der Waals surface area contributed by atoms with Crippen molar-refractivity contribution in [2.24, 2.45) is 0 Å². The van der Waals surface area contributed by atoms with Crippen LogP contribution in [-0.2, 0) is 0 Å². The minimum Gasteiger partial charge on any atom is -0.495 e. The van der Waals surface area contributed by atoms with Crippen molar-refractivity contribution in [2.75, 3.05) is 12.4 Å². The summed E-state index contributed by atoms with van der Waals surface area (Å²) in [6.07, 6.45) is 9.05. The van der Waals surface area contributed by atoms with E-state index < -0.39 is 0 Å². The third kappa shape index (κ3) is 4.46. The van der Waals surface area contributed by atoms with Crippen LogP contribution in [0, 0.1) is 11.3 Å². The Kier molecular flexibility index (Phi) is 6.03.